The quantitative estimate of drug-likeness (QED) is 0.614. The largest absolute Gasteiger partial charge is 0.383 e. The Labute approximate surface area is 114 Å². The molecule has 2 aromatic heterocycles. The number of nitrogens with one attached hydrogen (secondary N) is 2. The molecule has 0 atom stereocenters. The average Bonchev–Trinajstić information content (AvgIpc) is 3.04. The summed E-state index contributed by atoms with van der Waals surface area (Å²) in [7, 11) is 1.89. The molecule has 1 aliphatic rings. The Kier molecular flexibility index (Phi) is 2.11. The highest BCUT2D eigenvalue weighted by molar-refractivity contribution is 6.08. The number of rotatable bonds is 1. The second kappa shape index (κ2) is 3.83. The number of aromatic amines is 1. The van der Waals surface area contributed by atoms with Crippen molar-refractivity contribution in [2.24, 2.45) is 17.8 Å². The summed E-state index contributed by atoms with van der Waals surface area (Å²) in [6, 6.07) is 6.05. The zero-order chi connectivity index (χ0) is 13.7. The van der Waals surface area contributed by atoms with Crippen LogP contribution in [0.3, 0.4) is 0 Å². The number of aliphatic imine (C=N–C) groups is 1. The van der Waals surface area contributed by atoms with E-state index in [0.717, 1.165) is 33.5 Å². The molecule has 3 aromatic rings. The van der Waals surface area contributed by atoms with Crippen molar-refractivity contribution in [3.63, 3.8) is 0 Å². The smallest absolute Gasteiger partial charge is 0.137 e. The Morgan fingerprint density at radius 1 is 1.35 bits per heavy atom. The lowest BCUT2D eigenvalue weighted by Gasteiger charge is -2.13. The third-order valence-corrected chi connectivity index (χ3v) is 3.51. The van der Waals surface area contributed by atoms with Crippen LogP contribution < -0.4 is 11.1 Å². The molecule has 4 N–H and O–H groups in total. The predicted molar refractivity (Wildman–Crippen MR) is 77.5 cm³/mol. The van der Waals surface area contributed by atoms with Crippen molar-refractivity contribution in [1.82, 2.24) is 20.0 Å². The second-order valence-corrected chi connectivity index (χ2v) is 4.75. The Balaban J connectivity index is 1.96. The maximum Gasteiger partial charge on any atom is 0.137 e. The Hall–Kier alpha value is -2.83. The number of aryl methyl sites for hydroxylation is 1. The van der Waals surface area contributed by atoms with Gasteiger partial charge in [-0.1, -0.05) is 12.1 Å². The molecule has 4 rings (SSSR count). The minimum absolute atomic E-state index is 0.484. The van der Waals surface area contributed by atoms with E-state index in [4.69, 9.17) is 5.73 Å². The molecule has 1 aliphatic heterocycles. The van der Waals surface area contributed by atoms with Crippen molar-refractivity contribution in [2.45, 2.75) is 0 Å². The van der Waals surface area contributed by atoms with Crippen LogP contribution in [0, 0.1) is 0 Å². The molecular formula is C13H13N7. The molecule has 7 heteroatoms. The first-order chi connectivity index (χ1) is 9.74. The molecule has 0 unspecified atom stereocenters. The predicted octanol–water partition coefficient (Wildman–Crippen LogP) is 1.05. The first-order valence-electron chi connectivity index (χ1n) is 6.29. The molecule has 1 aromatic carbocycles. The first kappa shape index (κ1) is 11.0. The molecular weight excluding hydrogens is 254 g/mol. The third kappa shape index (κ3) is 1.43. The Morgan fingerprint density at radius 3 is 3.15 bits per heavy atom. The minimum atomic E-state index is 0.484. The zero-order valence-electron chi connectivity index (χ0n) is 10.9. The molecule has 7 nitrogen and oxygen atoms in total. The standard InChI is InChI=1S/C13H13N7/c1-20-13-10(12(14)15-6-16-13)11(19-20)7-2-3-8-5-17-18-9(8)4-7/h2-5,16H,6H2,1H3,(H2,14,15)(H,17,18). The summed E-state index contributed by atoms with van der Waals surface area (Å²) in [6.07, 6.45) is 1.80. The summed E-state index contributed by atoms with van der Waals surface area (Å²) >= 11 is 0. The summed E-state index contributed by atoms with van der Waals surface area (Å²) in [5.74, 6) is 1.42. The van der Waals surface area contributed by atoms with E-state index >= 15 is 0 Å². The summed E-state index contributed by atoms with van der Waals surface area (Å²) in [4.78, 5) is 4.23. The SMILES string of the molecule is Cn1nc(-c2ccc3cn[nH]c3c2)c2c1NCN=C2N. The lowest BCUT2D eigenvalue weighted by atomic mass is 10.0. The number of anilines is 1. The molecule has 20 heavy (non-hydrogen) atoms. The van der Waals surface area contributed by atoms with E-state index in [2.05, 4.69) is 25.6 Å². The lowest BCUT2D eigenvalue weighted by Crippen LogP contribution is -2.23. The summed E-state index contributed by atoms with van der Waals surface area (Å²) in [5.41, 5.74) is 9.67. The summed E-state index contributed by atoms with van der Waals surface area (Å²) in [5, 5.41) is 15.8. The molecule has 0 amide bonds. The van der Waals surface area contributed by atoms with Gasteiger partial charge in [-0.15, -0.1) is 0 Å². The molecule has 0 saturated carbocycles. The van der Waals surface area contributed by atoms with E-state index in [1.54, 1.807) is 10.9 Å². The molecule has 100 valence electrons. The molecule has 0 fully saturated rings. The maximum atomic E-state index is 6.03. The van der Waals surface area contributed by atoms with Crippen LogP contribution in [0.1, 0.15) is 5.56 Å². The van der Waals surface area contributed by atoms with Gasteiger partial charge in [0, 0.05) is 18.0 Å². The maximum absolute atomic E-state index is 6.03. The van der Waals surface area contributed by atoms with Gasteiger partial charge in [0.1, 0.15) is 24.0 Å². The second-order valence-electron chi connectivity index (χ2n) is 4.75. The highest BCUT2D eigenvalue weighted by Gasteiger charge is 2.23. The van der Waals surface area contributed by atoms with Crippen molar-refractivity contribution >= 4 is 22.6 Å². The molecule has 0 aliphatic carbocycles. The van der Waals surface area contributed by atoms with Crippen molar-refractivity contribution in [2.75, 3.05) is 12.0 Å². The summed E-state index contributed by atoms with van der Waals surface area (Å²) < 4.78 is 1.80. The Morgan fingerprint density at radius 2 is 2.25 bits per heavy atom. The van der Waals surface area contributed by atoms with Gasteiger partial charge in [-0.3, -0.25) is 9.78 Å². The van der Waals surface area contributed by atoms with Crippen LogP contribution in [-0.2, 0) is 7.05 Å². The number of nitrogens with two attached hydrogens (primary N) is 1. The third-order valence-electron chi connectivity index (χ3n) is 3.51. The van der Waals surface area contributed by atoms with Crippen LogP contribution >= 0.6 is 0 Å². The van der Waals surface area contributed by atoms with Crippen LogP contribution in [0.2, 0.25) is 0 Å². The van der Waals surface area contributed by atoms with Crippen LogP contribution in [0.25, 0.3) is 22.2 Å². The topological polar surface area (TPSA) is 96.9 Å². The average molecular weight is 267 g/mol. The molecule has 0 radical (unpaired) electrons. The monoisotopic (exact) mass is 267 g/mol. The molecule has 0 bridgehead atoms. The summed E-state index contributed by atoms with van der Waals surface area (Å²) in [6.45, 7) is 0.484. The van der Waals surface area contributed by atoms with Crippen molar-refractivity contribution in [1.29, 1.82) is 0 Å². The number of hydrogen-bond donors (Lipinski definition) is 3. The fourth-order valence-corrected chi connectivity index (χ4v) is 2.53. The molecule has 0 spiro atoms. The number of benzene rings is 1. The lowest BCUT2D eigenvalue weighted by molar-refractivity contribution is 0.771. The van der Waals surface area contributed by atoms with Gasteiger partial charge >= 0.3 is 0 Å². The minimum Gasteiger partial charge on any atom is -0.383 e. The van der Waals surface area contributed by atoms with Crippen molar-refractivity contribution < 1.29 is 0 Å². The van der Waals surface area contributed by atoms with E-state index in [1.807, 2.05) is 25.2 Å². The van der Waals surface area contributed by atoms with Gasteiger partial charge in [0.15, 0.2) is 0 Å². The van der Waals surface area contributed by atoms with Crippen molar-refractivity contribution in [3.8, 4) is 11.3 Å². The van der Waals surface area contributed by atoms with E-state index in [1.165, 1.54) is 0 Å². The van der Waals surface area contributed by atoms with Crippen LogP contribution in [0.4, 0.5) is 5.82 Å². The van der Waals surface area contributed by atoms with Gasteiger partial charge in [-0.2, -0.15) is 10.2 Å². The van der Waals surface area contributed by atoms with E-state index in [0.29, 0.717) is 12.5 Å². The van der Waals surface area contributed by atoms with Gasteiger partial charge in [-0.25, -0.2) is 4.99 Å². The van der Waals surface area contributed by atoms with Crippen molar-refractivity contribution in [3.05, 3.63) is 30.0 Å². The highest BCUT2D eigenvalue weighted by atomic mass is 15.3. The fraction of sp³-hybridized carbons (Fsp3) is 0.154. The fourth-order valence-electron chi connectivity index (χ4n) is 2.53. The number of amidine groups is 1. The van der Waals surface area contributed by atoms with Gasteiger partial charge in [0.25, 0.3) is 0 Å². The Bertz CT molecular complexity index is 840. The number of fused-ring (bicyclic) bond motifs is 2. The van der Waals surface area contributed by atoms with E-state index < -0.39 is 0 Å². The number of hydrogen-bond acceptors (Lipinski definition) is 5. The normalized spacial score (nSPS) is 13.9. The molecule has 0 saturated heterocycles. The number of aromatic nitrogens is 4. The first-order valence-corrected chi connectivity index (χ1v) is 6.29. The molecule has 3 heterocycles. The number of nitrogens with zero attached hydrogens (tertiary/aromatic N) is 4. The number of H-pyrrole nitrogens is 1. The van der Waals surface area contributed by atoms with E-state index in [-0.39, 0.29) is 0 Å². The highest BCUT2D eigenvalue weighted by Crippen LogP contribution is 2.31. The van der Waals surface area contributed by atoms with Crippen LogP contribution in [0.5, 0.6) is 0 Å². The van der Waals surface area contributed by atoms with Crippen LogP contribution in [0.15, 0.2) is 29.4 Å². The van der Waals surface area contributed by atoms with Gasteiger partial charge < -0.3 is 11.1 Å². The van der Waals surface area contributed by atoms with E-state index in [9.17, 15) is 0 Å². The van der Waals surface area contributed by atoms with Crippen LogP contribution in [-0.4, -0.2) is 32.5 Å². The van der Waals surface area contributed by atoms with Gasteiger partial charge in [-0.05, 0) is 6.07 Å². The van der Waals surface area contributed by atoms with Gasteiger partial charge in [0.2, 0.25) is 0 Å². The zero-order valence-corrected chi connectivity index (χ0v) is 10.9. The van der Waals surface area contributed by atoms with Gasteiger partial charge in [0.05, 0.1) is 17.3 Å².